The molecule has 29 heavy (non-hydrogen) atoms. The van der Waals surface area contributed by atoms with Crippen molar-refractivity contribution in [3.63, 3.8) is 0 Å². The minimum atomic E-state index is -0.0313. The number of carbonyl (C=O) groups excluding carboxylic acids is 1. The maximum Gasteiger partial charge on any atom is 0.257 e. The standard InChI is InChI=1S/C22H25N3O3S/c1-14-12-15(2)20-17(13-14)23-22(29-20)25-10-8-24(9-11-25)21(26)16-6-5-7-18(27-3)19(16)28-4/h5-7,12-13H,8-11H2,1-4H3. The lowest BCUT2D eigenvalue weighted by atomic mass is 10.1. The summed E-state index contributed by atoms with van der Waals surface area (Å²) in [6, 6.07) is 9.73. The van der Waals surface area contributed by atoms with Crippen molar-refractivity contribution in [1.29, 1.82) is 0 Å². The van der Waals surface area contributed by atoms with Crippen LogP contribution in [0.3, 0.4) is 0 Å². The average molecular weight is 412 g/mol. The molecule has 7 heteroatoms. The van der Waals surface area contributed by atoms with Gasteiger partial charge < -0.3 is 19.3 Å². The van der Waals surface area contributed by atoms with E-state index in [1.54, 1.807) is 37.7 Å². The quantitative estimate of drug-likeness (QED) is 0.652. The third kappa shape index (κ3) is 3.62. The van der Waals surface area contributed by atoms with Crippen LogP contribution in [0.5, 0.6) is 11.5 Å². The molecule has 6 nitrogen and oxygen atoms in total. The van der Waals surface area contributed by atoms with E-state index in [1.165, 1.54) is 15.8 Å². The number of hydrogen-bond donors (Lipinski definition) is 0. The van der Waals surface area contributed by atoms with Gasteiger partial charge in [-0.15, -0.1) is 0 Å². The van der Waals surface area contributed by atoms with Crippen LogP contribution in [0.4, 0.5) is 5.13 Å². The van der Waals surface area contributed by atoms with E-state index >= 15 is 0 Å². The van der Waals surface area contributed by atoms with Crippen molar-refractivity contribution in [3.05, 3.63) is 47.0 Å². The van der Waals surface area contributed by atoms with Crippen molar-refractivity contribution in [3.8, 4) is 11.5 Å². The molecule has 1 aliphatic rings. The molecule has 2 heterocycles. The number of ether oxygens (including phenoxy) is 2. The molecule has 0 N–H and O–H groups in total. The molecule has 3 aromatic rings. The maximum absolute atomic E-state index is 13.1. The highest BCUT2D eigenvalue weighted by Crippen LogP contribution is 2.34. The predicted molar refractivity (Wildman–Crippen MR) is 117 cm³/mol. The van der Waals surface area contributed by atoms with Crippen LogP contribution in [0, 0.1) is 13.8 Å². The number of hydrogen-bond acceptors (Lipinski definition) is 6. The average Bonchev–Trinajstić information content (AvgIpc) is 3.17. The molecule has 0 aliphatic carbocycles. The van der Waals surface area contributed by atoms with E-state index in [9.17, 15) is 4.79 Å². The molecule has 1 amide bonds. The number of fused-ring (bicyclic) bond motifs is 1. The fraction of sp³-hybridized carbons (Fsp3) is 0.364. The summed E-state index contributed by atoms with van der Waals surface area (Å²) in [5.41, 5.74) is 4.09. The van der Waals surface area contributed by atoms with Gasteiger partial charge in [0.25, 0.3) is 5.91 Å². The third-order valence-electron chi connectivity index (χ3n) is 5.28. The molecule has 1 aliphatic heterocycles. The molecule has 2 aromatic carbocycles. The molecule has 0 bridgehead atoms. The van der Waals surface area contributed by atoms with E-state index in [1.807, 2.05) is 11.0 Å². The van der Waals surface area contributed by atoms with E-state index in [0.717, 1.165) is 23.7 Å². The SMILES string of the molecule is COc1cccc(C(=O)N2CCN(c3nc4cc(C)cc(C)c4s3)CC2)c1OC. The van der Waals surface area contributed by atoms with Crippen molar-refractivity contribution in [2.75, 3.05) is 45.3 Å². The summed E-state index contributed by atoms with van der Waals surface area (Å²) in [5, 5.41) is 1.03. The number of aromatic nitrogens is 1. The molecular weight excluding hydrogens is 386 g/mol. The van der Waals surface area contributed by atoms with Crippen molar-refractivity contribution in [2.45, 2.75) is 13.8 Å². The molecule has 152 valence electrons. The predicted octanol–water partition coefficient (Wildman–Crippen LogP) is 3.89. The molecule has 0 unspecified atom stereocenters. The number of amides is 1. The minimum absolute atomic E-state index is 0.0313. The van der Waals surface area contributed by atoms with Crippen molar-refractivity contribution >= 4 is 32.6 Å². The summed E-state index contributed by atoms with van der Waals surface area (Å²) < 4.78 is 12.0. The normalized spacial score (nSPS) is 14.3. The molecule has 1 aromatic heterocycles. The maximum atomic E-state index is 13.1. The first-order valence-corrected chi connectivity index (χ1v) is 10.5. The topological polar surface area (TPSA) is 54.9 Å². The van der Waals surface area contributed by atoms with Gasteiger partial charge >= 0.3 is 0 Å². The summed E-state index contributed by atoms with van der Waals surface area (Å²) >= 11 is 1.73. The largest absolute Gasteiger partial charge is 0.493 e. The monoisotopic (exact) mass is 411 g/mol. The number of carbonyl (C=O) groups is 1. The van der Waals surface area contributed by atoms with Gasteiger partial charge in [0.05, 0.1) is 30.0 Å². The van der Waals surface area contributed by atoms with E-state index in [4.69, 9.17) is 14.5 Å². The number of benzene rings is 2. The Balaban J connectivity index is 1.50. The summed E-state index contributed by atoms with van der Waals surface area (Å²) in [6.45, 7) is 7.05. The second-order valence-corrected chi connectivity index (χ2v) is 8.22. The fourth-order valence-electron chi connectivity index (χ4n) is 3.83. The Morgan fingerprint density at radius 3 is 2.52 bits per heavy atom. The molecule has 0 spiro atoms. The second-order valence-electron chi connectivity index (χ2n) is 7.25. The summed E-state index contributed by atoms with van der Waals surface area (Å²) in [7, 11) is 3.13. The van der Waals surface area contributed by atoms with E-state index in [2.05, 4.69) is 30.9 Å². The van der Waals surface area contributed by atoms with E-state index < -0.39 is 0 Å². The molecule has 0 radical (unpaired) electrons. The summed E-state index contributed by atoms with van der Waals surface area (Å²) in [6.07, 6.45) is 0. The number of aryl methyl sites for hydroxylation is 2. The number of methoxy groups -OCH3 is 2. The van der Waals surface area contributed by atoms with Crippen LogP contribution in [0.25, 0.3) is 10.2 Å². The number of thiazole rings is 1. The highest BCUT2D eigenvalue weighted by atomic mass is 32.1. The van der Waals surface area contributed by atoms with Crippen LogP contribution >= 0.6 is 11.3 Å². The van der Waals surface area contributed by atoms with Gasteiger partial charge in [0.15, 0.2) is 16.6 Å². The molecule has 4 rings (SSSR count). The highest BCUT2D eigenvalue weighted by Gasteiger charge is 2.27. The van der Waals surface area contributed by atoms with Gasteiger partial charge in [0, 0.05) is 26.2 Å². The van der Waals surface area contributed by atoms with Gasteiger partial charge in [0.1, 0.15) is 0 Å². The number of nitrogens with zero attached hydrogens (tertiary/aromatic N) is 3. The Bertz CT molecular complexity index is 1050. The van der Waals surface area contributed by atoms with Gasteiger partial charge in [-0.2, -0.15) is 0 Å². The van der Waals surface area contributed by atoms with Crippen LogP contribution < -0.4 is 14.4 Å². The molecular formula is C22H25N3O3S. The van der Waals surface area contributed by atoms with Crippen LogP contribution in [0.1, 0.15) is 21.5 Å². The van der Waals surface area contributed by atoms with Crippen molar-refractivity contribution < 1.29 is 14.3 Å². The molecule has 1 saturated heterocycles. The van der Waals surface area contributed by atoms with Crippen molar-refractivity contribution in [2.24, 2.45) is 0 Å². The van der Waals surface area contributed by atoms with E-state index in [-0.39, 0.29) is 5.91 Å². The highest BCUT2D eigenvalue weighted by molar-refractivity contribution is 7.22. The summed E-state index contributed by atoms with van der Waals surface area (Å²) in [4.78, 5) is 22.1. The first-order chi connectivity index (χ1) is 14.0. The van der Waals surface area contributed by atoms with Gasteiger partial charge in [-0.05, 0) is 43.2 Å². The van der Waals surface area contributed by atoms with Gasteiger partial charge in [-0.25, -0.2) is 4.98 Å². The number of para-hydroxylation sites is 1. The van der Waals surface area contributed by atoms with Gasteiger partial charge in [-0.3, -0.25) is 4.79 Å². The lowest BCUT2D eigenvalue weighted by molar-refractivity contribution is 0.0742. The zero-order chi connectivity index (χ0) is 20.5. The Kier molecular flexibility index (Phi) is 5.32. The fourth-order valence-corrected chi connectivity index (χ4v) is 4.89. The number of anilines is 1. The Morgan fingerprint density at radius 1 is 1.07 bits per heavy atom. The minimum Gasteiger partial charge on any atom is -0.493 e. The number of rotatable bonds is 4. The Hall–Kier alpha value is -2.80. The molecule has 1 fully saturated rings. The Morgan fingerprint density at radius 2 is 1.83 bits per heavy atom. The third-order valence-corrected chi connectivity index (χ3v) is 6.55. The van der Waals surface area contributed by atoms with Crippen molar-refractivity contribution in [1.82, 2.24) is 9.88 Å². The molecule has 0 saturated carbocycles. The smallest absolute Gasteiger partial charge is 0.257 e. The number of piperazine rings is 1. The second kappa shape index (κ2) is 7.91. The van der Waals surface area contributed by atoms with E-state index in [0.29, 0.717) is 30.2 Å². The van der Waals surface area contributed by atoms with Gasteiger partial charge in [-0.1, -0.05) is 23.5 Å². The summed E-state index contributed by atoms with van der Waals surface area (Å²) in [5.74, 6) is 1.02. The van der Waals surface area contributed by atoms with Gasteiger partial charge in [0.2, 0.25) is 0 Å². The molecule has 0 atom stereocenters. The zero-order valence-corrected chi connectivity index (χ0v) is 18.0. The van der Waals surface area contributed by atoms with Crippen LogP contribution in [0.15, 0.2) is 30.3 Å². The lowest BCUT2D eigenvalue weighted by Crippen LogP contribution is -2.48. The Labute approximate surface area is 174 Å². The van der Waals surface area contributed by atoms with Crippen LogP contribution in [0.2, 0.25) is 0 Å². The first kappa shape index (κ1) is 19.5. The lowest BCUT2D eigenvalue weighted by Gasteiger charge is -2.34. The first-order valence-electron chi connectivity index (χ1n) is 9.65. The zero-order valence-electron chi connectivity index (χ0n) is 17.2. The van der Waals surface area contributed by atoms with Crippen LogP contribution in [-0.4, -0.2) is 56.2 Å². The van der Waals surface area contributed by atoms with Crippen LogP contribution in [-0.2, 0) is 0 Å².